The zero-order valence-electron chi connectivity index (χ0n) is 19.6. The van der Waals surface area contributed by atoms with Gasteiger partial charge >= 0.3 is 6.09 Å². The van der Waals surface area contributed by atoms with Crippen molar-refractivity contribution in [2.24, 2.45) is 0 Å². The van der Waals surface area contributed by atoms with Gasteiger partial charge in [-0.25, -0.2) is 9.86 Å². The summed E-state index contributed by atoms with van der Waals surface area (Å²) in [6, 6.07) is -0.488. The maximum absolute atomic E-state index is 12.9. The van der Waals surface area contributed by atoms with Crippen molar-refractivity contribution in [3.05, 3.63) is 12.2 Å². The Bertz CT molecular complexity index is 564. The van der Waals surface area contributed by atoms with Crippen molar-refractivity contribution in [2.75, 3.05) is 27.3 Å². The van der Waals surface area contributed by atoms with E-state index < -0.39 is 26.1 Å². The van der Waals surface area contributed by atoms with Crippen molar-refractivity contribution in [3.63, 3.8) is 0 Å². The van der Waals surface area contributed by atoms with Gasteiger partial charge in [0.2, 0.25) is 0 Å². The molecule has 0 aromatic rings. The molecule has 0 N–H and O–H groups in total. The fraction of sp³-hybridized carbons (Fsp3) is 0.800. The first-order chi connectivity index (χ1) is 12.4. The van der Waals surface area contributed by atoms with Crippen LogP contribution in [-0.2, 0) is 18.8 Å². The zero-order valence-corrected chi connectivity index (χ0v) is 20.6. The minimum Gasteiger partial charge on any atom is -0.444 e. The Hall–Kier alpha value is -1.38. The summed E-state index contributed by atoms with van der Waals surface area (Å²) in [5.74, 6) is -0.369. The molecule has 0 rings (SSSR count). The van der Waals surface area contributed by atoms with Crippen LogP contribution in [0.5, 0.6) is 0 Å². The van der Waals surface area contributed by atoms with Crippen LogP contribution in [0.1, 0.15) is 48.5 Å². The molecule has 0 bridgehead atoms. The number of rotatable bonds is 8. The molecule has 0 heterocycles. The summed E-state index contributed by atoms with van der Waals surface area (Å²) in [6.07, 6.45) is -0.586. The molecule has 8 heteroatoms. The van der Waals surface area contributed by atoms with Crippen LogP contribution in [0.3, 0.4) is 0 Å². The molecule has 0 aromatic heterocycles. The molecular weight excluding hydrogens is 376 g/mol. The number of nitrogens with zero attached hydrogens (tertiary/aromatic N) is 2. The minimum atomic E-state index is -2.05. The molecule has 0 aliphatic carbocycles. The second-order valence-corrected chi connectivity index (χ2v) is 14.4. The lowest BCUT2D eigenvalue weighted by Crippen LogP contribution is -2.52. The van der Waals surface area contributed by atoms with E-state index in [1.54, 1.807) is 20.8 Å². The van der Waals surface area contributed by atoms with Gasteiger partial charge in [0.05, 0.1) is 19.8 Å². The Kier molecular flexibility index (Phi) is 9.40. The third-order valence-corrected chi connectivity index (χ3v) is 9.41. The molecule has 28 heavy (non-hydrogen) atoms. The average Bonchev–Trinajstić information content (AvgIpc) is 2.49. The fourth-order valence-corrected chi connectivity index (χ4v) is 2.98. The lowest BCUT2D eigenvalue weighted by molar-refractivity contribution is -0.170. The number of carbonyl (C=O) groups excluding carboxylic acids is 2. The lowest BCUT2D eigenvalue weighted by Gasteiger charge is -2.40. The Morgan fingerprint density at radius 1 is 1.11 bits per heavy atom. The fourth-order valence-electron chi connectivity index (χ4n) is 1.97. The first kappa shape index (κ1) is 26.6. The van der Waals surface area contributed by atoms with Crippen LogP contribution in [0, 0.1) is 0 Å². The van der Waals surface area contributed by atoms with Crippen molar-refractivity contribution >= 4 is 20.3 Å². The number of hydrogen-bond acceptors (Lipinski definition) is 5. The van der Waals surface area contributed by atoms with E-state index in [2.05, 4.69) is 40.4 Å². The average molecular weight is 417 g/mol. The van der Waals surface area contributed by atoms with E-state index in [-0.39, 0.29) is 24.1 Å². The van der Waals surface area contributed by atoms with Gasteiger partial charge in [-0.1, -0.05) is 32.9 Å². The van der Waals surface area contributed by atoms with Crippen molar-refractivity contribution < 1.29 is 23.6 Å². The second kappa shape index (κ2) is 9.89. The Morgan fingerprint density at radius 3 is 1.96 bits per heavy atom. The van der Waals surface area contributed by atoms with Crippen LogP contribution in [0.4, 0.5) is 4.79 Å². The van der Waals surface area contributed by atoms with Gasteiger partial charge in [0.1, 0.15) is 12.1 Å². The standard InChI is InChI=1S/C20H40N2O5Si/c1-15(2)16(14-26-28(11,12)20(6,7)8)22(13-17(23)21(9)25-10)18(24)27-19(3,4)5/h16H,1,13-14H2,2-12H3. The molecular formula is C20H40N2O5Si. The van der Waals surface area contributed by atoms with Crippen LogP contribution < -0.4 is 0 Å². The topological polar surface area (TPSA) is 68.3 Å². The summed E-state index contributed by atoms with van der Waals surface area (Å²) >= 11 is 0. The summed E-state index contributed by atoms with van der Waals surface area (Å²) in [6.45, 7) is 22.0. The molecule has 0 fully saturated rings. The molecule has 0 aromatic carbocycles. The third kappa shape index (κ3) is 8.32. The molecule has 7 nitrogen and oxygen atoms in total. The quantitative estimate of drug-likeness (QED) is 0.337. The van der Waals surface area contributed by atoms with Crippen molar-refractivity contribution in [1.29, 1.82) is 0 Å². The van der Waals surface area contributed by atoms with Crippen molar-refractivity contribution in [3.8, 4) is 0 Å². The van der Waals surface area contributed by atoms with E-state index >= 15 is 0 Å². The molecule has 0 aliphatic rings. The predicted octanol–water partition coefficient (Wildman–Crippen LogP) is 4.21. The Balaban J connectivity index is 5.71. The molecule has 0 spiro atoms. The number of amides is 2. The van der Waals surface area contributed by atoms with Gasteiger partial charge in [0, 0.05) is 7.05 Å². The van der Waals surface area contributed by atoms with Gasteiger partial charge in [-0.3, -0.25) is 14.5 Å². The molecule has 164 valence electrons. The Morgan fingerprint density at radius 2 is 1.61 bits per heavy atom. The molecule has 0 saturated heterocycles. The highest BCUT2D eigenvalue weighted by Crippen LogP contribution is 2.37. The summed E-state index contributed by atoms with van der Waals surface area (Å²) in [7, 11) is 0.843. The van der Waals surface area contributed by atoms with Crippen LogP contribution in [0.25, 0.3) is 0 Å². The Labute approximate surface area is 172 Å². The summed E-state index contributed by atoms with van der Waals surface area (Å²) < 4.78 is 11.9. The van der Waals surface area contributed by atoms with E-state index in [0.29, 0.717) is 0 Å². The maximum atomic E-state index is 12.9. The second-order valence-electron chi connectivity index (χ2n) is 9.62. The first-order valence-corrected chi connectivity index (χ1v) is 12.4. The van der Waals surface area contributed by atoms with E-state index in [9.17, 15) is 9.59 Å². The molecule has 0 aliphatic heterocycles. The van der Waals surface area contributed by atoms with Crippen molar-refractivity contribution in [2.45, 2.75) is 78.2 Å². The molecule has 0 saturated carbocycles. The summed E-state index contributed by atoms with van der Waals surface area (Å²) in [5, 5.41) is 1.11. The smallest absolute Gasteiger partial charge is 0.411 e. The molecule has 0 radical (unpaired) electrons. The first-order valence-electron chi connectivity index (χ1n) is 9.52. The number of hydroxylamine groups is 2. The number of likely N-dealkylation sites (N-methyl/N-ethyl adjacent to an activating group) is 1. The van der Waals surface area contributed by atoms with Gasteiger partial charge in [0.15, 0.2) is 8.32 Å². The maximum Gasteiger partial charge on any atom is 0.411 e. The molecule has 1 unspecified atom stereocenters. The SMILES string of the molecule is C=C(C)C(CO[Si](C)(C)C(C)(C)C)N(CC(=O)N(C)OC)C(=O)OC(C)(C)C. The van der Waals surface area contributed by atoms with E-state index in [1.807, 2.05) is 6.92 Å². The van der Waals surface area contributed by atoms with Crippen LogP contribution in [0.2, 0.25) is 18.1 Å². The minimum absolute atomic E-state index is 0.0233. The lowest BCUT2D eigenvalue weighted by atomic mass is 10.1. The van der Waals surface area contributed by atoms with Crippen LogP contribution in [-0.4, -0.2) is 69.2 Å². The monoisotopic (exact) mass is 416 g/mol. The van der Waals surface area contributed by atoms with E-state index in [0.717, 1.165) is 10.6 Å². The number of carbonyl (C=O) groups is 2. The highest BCUT2D eigenvalue weighted by Gasteiger charge is 2.39. The largest absolute Gasteiger partial charge is 0.444 e. The third-order valence-electron chi connectivity index (χ3n) is 4.91. The number of ether oxygens (including phenoxy) is 1. The van der Waals surface area contributed by atoms with Gasteiger partial charge < -0.3 is 9.16 Å². The van der Waals surface area contributed by atoms with Crippen molar-refractivity contribution in [1.82, 2.24) is 9.96 Å². The van der Waals surface area contributed by atoms with Gasteiger partial charge in [-0.05, 0) is 45.8 Å². The van der Waals surface area contributed by atoms with E-state index in [4.69, 9.17) is 14.0 Å². The summed E-state index contributed by atoms with van der Waals surface area (Å²) in [4.78, 5) is 31.6. The zero-order chi connectivity index (χ0) is 22.5. The molecule has 1 atom stereocenters. The van der Waals surface area contributed by atoms with E-state index in [1.165, 1.54) is 19.1 Å². The van der Waals surface area contributed by atoms with Crippen LogP contribution in [0.15, 0.2) is 12.2 Å². The summed E-state index contributed by atoms with van der Waals surface area (Å²) in [5.41, 5.74) is 0.0308. The van der Waals surface area contributed by atoms with Gasteiger partial charge in [-0.15, -0.1) is 0 Å². The predicted molar refractivity (Wildman–Crippen MR) is 114 cm³/mol. The van der Waals surface area contributed by atoms with Crippen LogP contribution >= 0.6 is 0 Å². The van der Waals surface area contributed by atoms with Gasteiger partial charge in [-0.2, -0.15) is 0 Å². The highest BCUT2D eigenvalue weighted by molar-refractivity contribution is 6.74. The van der Waals surface area contributed by atoms with Gasteiger partial charge in [0.25, 0.3) is 5.91 Å². The highest BCUT2D eigenvalue weighted by atomic mass is 28.4. The molecule has 2 amide bonds. The normalized spacial score (nSPS) is 13.7. The number of hydrogen-bond donors (Lipinski definition) is 0.